The van der Waals surface area contributed by atoms with Gasteiger partial charge >= 0.3 is 6.18 Å². The predicted octanol–water partition coefficient (Wildman–Crippen LogP) is 2.31. The van der Waals surface area contributed by atoms with Gasteiger partial charge in [0, 0.05) is 4.47 Å². The van der Waals surface area contributed by atoms with Gasteiger partial charge in [-0.2, -0.15) is 13.2 Å². The lowest BCUT2D eigenvalue weighted by Crippen LogP contribution is -2.60. The molecule has 0 bridgehead atoms. The number of benzene rings is 1. The van der Waals surface area contributed by atoms with Gasteiger partial charge in [-0.3, -0.25) is 10.1 Å². The second-order valence-electron chi connectivity index (χ2n) is 5.00. The number of carbonyl (C=O) groups is 1. The number of hydrogen-bond donors (Lipinski definition) is 2. The Morgan fingerprint density at radius 3 is 2.70 bits per heavy atom. The number of aryl methyl sites for hydroxylation is 1. The van der Waals surface area contributed by atoms with Gasteiger partial charge in [-0.15, -0.1) is 0 Å². The van der Waals surface area contributed by atoms with Crippen molar-refractivity contribution in [3.8, 4) is 0 Å². The molecule has 110 valence electrons. The van der Waals surface area contributed by atoms with Crippen LogP contribution in [0.15, 0.2) is 22.7 Å². The number of carbonyl (C=O) groups excluding carboxylic acids is 1. The van der Waals surface area contributed by atoms with E-state index in [1.807, 2.05) is 12.1 Å². The summed E-state index contributed by atoms with van der Waals surface area (Å²) in [5, 5.41) is 2.32. The molecule has 1 aliphatic carbocycles. The Morgan fingerprint density at radius 1 is 1.40 bits per heavy atom. The summed E-state index contributed by atoms with van der Waals surface area (Å²) in [6.07, 6.45) is -3.41. The Morgan fingerprint density at radius 2 is 2.10 bits per heavy atom. The van der Waals surface area contributed by atoms with Gasteiger partial charge < -0.3 is 5.73 Å². The zero-order chi connectivity index (χ0) is 15.0. The average molecular weight is 351 g/mol. The summed E-state index contributed by atoms with van der Waals surface area (Å²) >= 11 is 3.35. The van der Waals surface area contributed by atoms with Crippen molar-refractivity contribution in [1.82, 2.24) is 5.32 Å². The smallest absolute Gasteiger partial charge is 0.368 e. The number of hydrogen-bond acceptors (Lipinski definition) is 2. The number of primary amides is 1. The molecule has 3 N–H and O–H groups in total. The first kappa shape index (κ1) is 15.3. The molecule has 20 heavy (non-hydrogen) atoms. The van der Waals surface area contributed by atoms with Crippen LogP contribution in [-0.4, -0.2) is 24.2 Å². The van der Waals surface area contributed by atoms with E-state index in [1.54, 1.807) is 6.07 Å². The van der Waals surface area contributed by atoms with Crippen LogP contribution in [-0.2, 0) is 17.6 Å². The van der Waals surface area contributed by atoms with Crippen LogP contribution in [0.4, 0.5) is 13.2 Å². The average Bonchev–Trinajstić information content (AvgIpc) is 2.35. The van der Waals surface area contributed by atoms with Crippen molar-refractivity contribution >= 4 is 21.8 Å². The van der Waals surface area contributed by atoms with Crippen LogP contribution < -0.4 is 11.1 Å². The molecule has 1 amide bonds. The highest BCUT2D eigenvalue weighted by molar-refractivity contribution is 9.10. The van der Waals surface area contributed by atoms with Gasteiger partial charge in [0.2, 0.25) is 5.91 Å². The van der Waals surface area contributed by atoms with E-state index in [9.17, 15) is 18.0 Å². The number of nitrogens with one attached hydrogen (secondary N) is 1. The molecule has 1 aromatic carbocycles. The fraction of sp³-hybridized carbons (Fsp3) is 0.462. The summed E-state index contributed by atoms with van der Waals surface area (Å²) in [6, 6.07) is 5.54. The van der Waals surface area contributed by atoms with Crippen LogP contribution in [0.5, 0.6) is 0 Å². The van der Waals surface area contributed by atoms with E-state index in [0.29, 0.717) is 6.42 Å². The molecule has 0 radical (unpaired) electrons. The Kier molecular flexibility index (Phi) is 4.11. The lowest BCUT2D eigenvalue weighted by Gasteiger charge is -2.36. The maximum Gasteiger partial charge on any atom is 0.401 e. The minimum absolute atomic E-state index is 0.182. The van der Waals surface area contributed by atoms with E-state index in [0.717, 1.165) is 15.6 Å². The molecule has 0 aliphatic heterocycles. The van der Waals surface area contributed by atoms with E-state index in [-0.39, 0.29) is 12.8 Å². The van der Waals surface area contributed by atoms with Crippen LogP contribution in [0.25, 0.3) is 0 Å². The quantitative estimate of drug-likeness (QED) is 0.878. The van der Waals surface area contributed by atoms with Crippen LogP contribution in [0.1, 0.15) is 17.5 Å². The summed E-state index contributed by atoms with van der Waals surface area (Å²) in [4.78, 5) is 11.7. The lowest BCUT2D eigenvalue weighted by molar-refractivity contribution is -0.136. The molecule has 1 aliphatic rings. The van der Waals surface area contributed by atoms with Gasteiger partial charge in [0.05, 0.1) is 6.54 Å². The predicted molar refractivity (Wildman–Crippen MR) is 72.2 cm³/mol. The molecule has 3 nitrogen and oxygen atoms in total. The van der Waals surface area contributed by atoms with E-state index >= 15 is 0 Å². The highest BCUT2D eigenvalue weighted by Gasteiger charge is 2.42. The Bertz CT molecular complexity index is 533. The molecular weight excluding hydrogens is 337 g/mol. The van der Waals surface area contributed by atoms with Crippen molar-refractivity contribution in [1.29, 1.82) is 0 Å². The number of fused-ring (bicyclic) bond motifs is 1. The van der Waals surface area contributed by atoms with E-state index < -0.39 is 24.2 Å². The number of alkyl halides is 3. The fourth-order valence-electron chi connectivity index (χ4n) is 2.48. The largest absolute Gasteiger partial charge is 0.401 e. The maximum absolute atomic E-state index is 12.4. The van der Waals surface area contributed by atoms with Crippen molar-refractivity contribution in [2.24, 2.45) is 5.73 Å². The zero-order valence-electron chi connectivity index (χ0n) is 10.6. The van der Waals surface area contributed by atoms with Gasteiger partial charge in [-0.25, -0.2) is 0 Å². The molecule has 0 heterocycles. The highest BCUT2D eigenvalue weighted by atomic mass is 79.9. The molecule has 7 heteroatoms. The molecule has 1 atom stereocenters. The summed E-state index contributed by atoms with van der Waals surface area (Å²) in [7, 11) is 0. The van der Waals surface area contributed by atoms with Gasteiger partial charge in [-0.05, 0) is 42.5 Å². The van der Waals surface area contributed by atoms with Crippen LogP contribution in [0.3, 0.4) is 0 Å². The van der Waals surface area contributed by atoms with Crippen molar-refractivity contribution < 1.29 is 18.0 Å². The SMILES string of the molecule is NC(=O)C1(NCC(F)(F)F)CCc2cc(Br)ccc2C1. The molecule has 0 fully saturated rings. The van der Waals surface area contributed by atoms with Crippen LogP contribution >= 0.6 is 15.9 Å². The Balaban J connectivity index is 2.24. The first-order valence-electron chi connectivity index (χ1n) is 6.11. The summed E-state index contributed by atoms with van der Waals surface area (Å²) in [5.41, 5.74) is 5.90. The van der Waals surface area contributed by atoms with Gasteiger partial charge in [0.25, 0.3) is 0 Å². The second-order valence-corrected chi connectivity index (χ2v) is 5.92. The van der Waals surface area contributed by atoms with Crippen molar-refractivity contribution in [2.75, 3.05) is 6.54 Å². The molecular formula is C13H14BrF3N2O. The van der Waals surface area contributed by atoms with E-state index in [1.165, 1.54) is 0 Å². The number of amides is 1. The minimum atomic E-state index is -4.37. The summed E-state index contributed by atoms with van der Waals surface area (Å²) in [5.74, 6) is -0.740. The molecule has 2 rings (SSSR count). The third-order valence-corrected chi connectivity index (χ3v) is 4.07. The van der Waals surface area contributed by atoms with E-state index in [4.69, 9.17) is 5.73 Å². The minimum Gasteiger partial charge on any atom is -0.368 e. The topological polar surface area (TPSA) is 55.1 Å². The zero-order valence-corrected chi connectivity index (χ0v) is 12.1. The number of nitrogens with two attached hydrogens (primary N) is 1. The Hall–Kier alpha value is -1.08. The molecule has 0 aromatic heterocycles. The third-order valence-electron chi connectivity index (χ3n) is 3.58. The third kappa shape index (κ3) is 3.32. The van der Waals surface area contributed by atoms with Crippen LogP contribution in [0.2, 0.25) is 0 Å². The molecule has 0 spiro atoms. The number of rotatable bonds is 3. The maximum atomic E-state index is 12.4. The van der Waals surface area contributed by atoms with Crippen molar-refractivity contribution in [3.05, 3.63) is 33.8 Å². The van der Waals surface area contributed by atoms with Crippen LogP contribution in [0, 0.1) is 0 Å². The Labute approximate surface area is 122 Å². The molecule has 0 saturated heterocycles. The van der Waals surface area contributed by atoms with Crippen molar-refractivity contribution in [2.45, 2.75) is 31.0 Å². The highest BCUT2D eigenvalue weighted by Crippen LogP contribution is 2.31. The summed E-state index contributed by atoms with van der Waals surface area (Å²) in [6.45, 7) is -1.22. The van der Waals surface area contributed by atoms with Gasteiger partial charge in [0.15, 0.2) is 0 Å². The first-order valence-corrected chi connectivity index (χ1v) is 6.90. The lowest BCUT2D eigenvalue weighted by atomic mass is 9.77. The summed E-state index contributed by atoms with van der Waals surface area (Å²) < 4.78 is 38.0. The van der Waals surface area contributed by atoms with Gasteiger partial charge in [-0.1, -0.05) is 22.0 Å². The van der Waals surface area contributed by atoms with Gasteiger partial charge in [0.1, 0.15) is 5.54 Å². The first-order chi connectivity index (χ1) is 9.22. The molecule has 0 saturated carbocycles. The monoisotopic (exact) mass is 350 g/mol. The second kappa shape index (κ2) is 5.37. The van der Waals surface area contributed by atoms with Crippen molar-refractivity contribution in [3.63, 3.8) is 0 Å². The van der Waals surface area contributed by atoms with E-state index in [2.05, 4.69) is 21.2 Å². The molecule has 1 unspecified atom stereocenters. The molecule has 1 aromatic rings. The number of halogens is 4. The standard InChI is InChI=1S/C13H14BrF3N2O/c14-10-2-1-9-6-12(11(18)20,4-3-8(9)5-10)19-7-13(15,16)17/h1-2,5,19H,3-4,6-7H2,(H2,18,20). The fourth-order valence-corrected chi connectivity index (χ4v) is 2.89. The normalized spacial score (nSPS) is 22.4.